The van der Waals surface area contributed by atoms with Crippen molar-refractivity contribution in [2.24, 2.45) is 0 Å². The molecule has 8 nitrogen and oxygen atoms in total. The number of carbonyl (C=O) groups is 2. The van der Waals surface area contributed by atoms with Gasteiger partial charge in [-0.3, -0.25) is 4.79 Å². The molecule has 1 saturated heterocycles. The molecular weight excluding hydrogens is 468 g/mol. The molecule has 35 heavy (non-hydrogen) atoms. The van der Waals surface area contributed by atoms with Gasteiger partial charge in [0, 0.05) is 18.8 Å². The van der Waals surface area contributed by atoms with Gasteiger partial charge in [0.1, 0.15) is 11.5 Å². The minimum absolute atomic E-state index is 0.115. The Hall–Kier alpha value is -3.69. The first-order valence-corrected chi connectivity index (χ1v) is 12.8. The Balaban J connectivity index is 1.33. The maximum absolute atomic E-state index is 12.9. The standard InChI is InChI=1S/C26H26N2O6S/c29-25(27-21-10-8-14-24(18-21)35(31,32)28-15-5-2-6-16-28)19-33-26(30)20-9-7-13-23(17-20)34-22-11-3-1-4-12-22/h1,3-4,7-14,17-18H,2,5-6,15-16,19H2,(H,27,29). The van der Waals surface area contributed by atoms with E-state index in [1.165, 1.54) is 22.5 Å². The number of ether oxygens (including phenoxy) is 2. The Morgan fingerprint density at radius 3 is 2.31 bits per heavy atom. The quantitative estimate of drug-likeness (QED) is 0.464. The second-order valence-corrected chi connectivity index (χ2v) is 10.00. The molecule has 0 aromatic heterocycles. The lowest BCUT2D eigenvalue weighted by Crippen LogP contribution is -2.35. The van der Waals surface area contributed by atoms with Crippen LogP contribution < -0.4 is 10.1 Å². The van der Waals surface area contributed by atoms with Gasteiger partial charge in [-0.25, -0.2) is 13.2 Å². The van der Waals surface area contributed by atoms with Gasteiger partial charge in [-0.15, -0.1) is 0 Å². The molecule has 1 N–H and O–H groups in total. The van der Waals surface area contributed by atoms with Crippen LogP contribution in [0.3, 0.4) is 0 Å². The fourth-order valence-corrected chi connectivity index (χ4v) is 5.27. The molecule has 0 unspecified atom stereocenters. The Labute approximate surface area is 204 Å². The Kier molecular flexibility index (Phi) is 7.79. The van der Waals surface area contributed by atoms with Crippen molar-refractivity contribution >= 4 is 27.6 Å². The average molecular weight is 495 g/mol. The van der Waals surface area contributed by atoms with Crippen molar-refractivity contribution in [2.45, 2.75) is 24.2 Å². The van der Waals surface area contributed by atoms with Gasteiger partial charge in [0.25, 0.3) is 5.91 Å². The lowest BCUT2D eigenvalue weighted by Gasteiger charge is -2.26. The van der Waals surface area contributed by atoms with Crippen LogP contribution >= 0.6 is 0 Å². The topological polar surface area (TPSA) is 102 Å². The summed E-state index contributed by atoms with van der Waals surface area (Å²) < 4.78 is 38.1. The lowest BCUT2D eigenvalue weighted by molar-refractivity contribution is -0.119. The molecule has 1 amide bonds. The van der Waals surface area contributed by atoms with Crippen LogP contribution in [0, 0.1) is 0 Å². The molecule has 4 rings (SSSR count). The SMILES string of the molecule is O=C(COC(=O)c1cccc(Oc2ccccc2)c1)Nc1cccc(S(=O)(=O)N2CCCCC2)c1. The van der Waals surface area contributed by atoms with Crippen LogP contribution in [0.4, 0.5) is 5.69 Å². The summed E-state index contributed by atoms with van der Waals surface area (Å²) in [7, 11) is -3.62. The van der Waals surface area contributed by atoms with Gasteiger partial charge in [0.2, 0.25) is 10.0 Å². The van der Waals surface area contributed by atoms with E-state index in [-0.39, 0.29) is 10.5 Å². The van der Waals surface area contributed by atoms with Crippen molar-refractivity contribution in [1.82, 2.24) is 4.31 Å². The Morgan fingerprint density at radius 1 is 0.829 bits per heavy atom. The molecule has 182 valence electrons. The number of amides is 1. The molecule has 0 aliphatic carbocycles. The summed E-state index contributed by atoms with van der Waals surface area (Å²) in [6.07, 6.45) is 2.69. The van der Waals surface area contributed by atoms with E-state index in [1.54, 1.807) is 42.5 Å². The van der Waals surface area contributed by atoms with Gasteiger partial charge in [-0.2, -0.15) is 4.31 Å². The van der Waals surface area contributed by atoms with Crippen LogP contribution in [0.1, 0.15) is 29.6 Å². The molecule has 1 fully saturated rings. The maximum Gasteiger partial charge on any atom is 0.338 e. The van der Waals surface area contributed by atoms with Crippen LogP contribution in [0.2, 0.25) is 0 Å². The minimum atomic E-state index is -3.62. The third-order valence-corrected chi connectivity index (χ3v) is 7.35. The predicted molar refractivity (Wildman–Crippen MR) is 131 cm³/mol. The van der Waals surface area contributed by atoms with E-state index in [4.69, 9.17) is 9.47 Å². The number of nitrogens with zero attached hydrogens (tertiary/aromatic N) is 1. The third-order valence-electron chi connectivity index (χ3n) is 5.45. The van der Waals surface area contributed by atoms with Crippen LogP contribution in [0.25, 0.3) is 0 Å². The zero-order valence-electron chi connectivity index (χ0n) is 19.1. The summed E-state index contributed by atoms with van der Waals surface area (Å²) in [6.45, 7) is 0.463. The Bertz CT molecular complexity index is 1290. The molecule has 0 bridgehead atoms. The molecule has 1 aliphatic rings. The molecule has 0 spiro atoms. The molecule has 3 aromatic carbocycles. The molecule has 1 heterocycles. The van der Waals surface area contributed by atoms with Crippen molar-refractivity contribution in [2.75, 3.05) is 25.0 Å². The minimum Gasteiger partial charge on any atom is -0.457 e. The monoisotopic (exact) mass is 494 g/mol. The lowest BCUT2D eigenvalue weighted by atomic mass is 10.2. The summed E-state index contributed by atoms with van der Waals surface area (Å²) >= 11 is 0. The molecule has 9 heteroatoms. The first-order valence-electron chi connectivity index (χ1n) is 11.3. The number of benzene rings is 3. The molecule has 0 saturated carbocycles. The second kappa shape index (κ2) is 11.2. The van der Waals surface area contributed by atoms with E-state index in [2.05, 4.69) is 5.32 Å². The highest BCUT2D eigenvalue weighted by molar-refractivity contribution is 7.89. The van der Waals surface area contributed by atoms with E-state index >= 15 is 0 Å². The van der Waals surface area contributed by atoms with E-state index in [1.807, 2.05) is 18.2 Å². The average Bonchev–Trinajstić information content (AvgIpc) is 2.89. The summed E-state index contributed by atoms with van der Waals surface area (Å²) in [4.78, 5) is 24.9. The first kappa shape index (κ1) is 24.4. The number of rotatable bonds is 8. The van der Waals surface area contributed by atoms with E-state index < -0.39 is 28.5 Å². The van der Waals surface area contributed by atoms with Gasteiger partial charge in [-0.1, -0.05) is 36.8 Å². The number of para-hydroxylation sites is 1. The molecule has 3 aromatic rings. The normalized spacial score (nSPS) is 14.2. The zero-order valence-corrected chi connectivity index (χ0v) is 19.9. The van der Waals surface area contributed by atoms with Crippen molar-refractivity contribution in [3.8, 4) is 11.5 Å². The van der Waals surface area contributed by atoms with Crippen molar-refractivity contribution in [3.05, 3.63) is 84.4 Å². The number of hydrogen-bond donors (Lipinski definition) is 1. The molecular formula is C26H26N2O6S. The fraction of sp³-hybridized carbons (Fsp3) is 0.231. The number of sulfonamides is 1. The van der Waals surface area contributed by atoms with E-state index in [9.17, 15) is 18.0 Å². The van der Waals surface area contributed by atoms with Gasteiger partial charge in [0.05, 0.1) is 10.5 Å². The van der Waals surface area contributed by atoms with Gasteiger partial charge >= 0.3 is 5.97 Å². The second-order valence-electron chi connectivity index (χ2n) is 8.06. The highest BCUT2D eigenvalue weighted by atomic mass is 32.2. The Morgan fingerprint density at radius 2 is 1.54 bits per heavy atom. The van der Waals surface area contributed by atoms with Crippen LogP contribution in [-0.2, 0) is 19.6 Å². The number of anilines is 1. The highest BCUT2D eigenvalue weighted by Gasteiger charge is 2.26. The predicted octanol–water partition coefficient (Wildman–Crippen LogP) is 4.45. The zero-order chi connectivity index (χ0) is 24.7. The molecule has 0 radical (unpaired) electrons. The fourth-order valence-electron chi connectivity index (χ4n) is 3.71. The summed E-state index contributed by atoms with van der Waals surface area (Å²) in [5, 5.41) is 2.58. The van der Waals surface area contributed by atoms with Crippen LogP contribution in [-0.4, -0.2) is 44.3 Å². The van der Waals surface area contributed by atoms with Gasteiger partial charge < -0.3 is 14.8 Å². The van der Waals surface area contributed by atoms with Crippen LogP contribution in [0.15, 0.2) is 83.8 Å². The number of carbonyl (C=O) groups excluding carboxylic acids is 2. The van der Waals surface area contributed by atoms with E-state index in [0.717, 1.165) is 19.3 Å². The van der Waals surface area contributed by atoms with Gasteiger partial charge in [0.15, 0.2) is 6.61 Å². The van der Waals surface area contributed by atoms with Crippen molar-refractivity contribution in [3.63, 3.8) is 0 Å². The van der Waals surface area contributed by atoms with Crippen LogP contribution in [0.5, 0.6) is 11.5 Å². The highest BCUT2D eigenvalue weighted by Crippen LogP contribution is 2.24. The number of piperidine rings is 1. The van der Waals surface area contributed by atoms with Gasteiger partial charge in [-0.05, 0) is 61.4 Å². The number of hydrogen-bond acceptors (Lipinski definition) is 6. The molecule has 1 aliphatic heterocycles. The summed E-state index contributed by atoms with van der Waals surface area (Å²) in [6, 6.07) is 21.7. The third kappa shape index (κ3) is 6.46. The number of nitrogens with one attached hydrogen (secondary N) is 1. The maximum atomic E-state index is 12.9. The summed E-state index contributed by atoms with van der Waals surface area (Å²) in [5.41, 5.74) is 0.545. The smallest absolute Gasteiger partial charge is 0.338 e. The first-order chi connectivity index (χ1) is 16.9. The van der Waals surface area contributed by atoms with E-state index in [0.29, 0.717) is 30.3 Å². The number of esters is 1. The summed E-state index contributed by atoms with van der Waals surface area (Å²) in [5.74, 6) is -0.175. The molecule has 0 atom stereocenters. The van der Waals surface area contributed by atoms with Crippen molar-refractivity contribution in [1.29, 1.82) is 0 Å². The van der Waals surface area contributed by atoms with Crippen molar-refractivity contribution < 1.29 is 27.5 Å². The largest absolute Gasteiger partial charge is 0.457 e.